The van der Waals surface area contributed by atoms with Crippen molar-refractivity contribution in [2.75, 3.05) is 33.2 Å². The van der Waals surface area contributed by atoms with Crippen LogP contribution in [-0.4, -0.2) is 54.6 Å². The molecule has 0 aromatic carbocycles. The summed E-state index contributed by atoms with van der Waals surface area (Å²) in [5.74, 6) is 1.40. The van der Waals surface area contributed by atoms with Gasteiger partial charge in [0.2, 0.25) is 0 Å². The van der Waals surface area contributed by atoms with E-state index in [0.717, 1.165) is 6.54 Å². The molecule has 1 atom stereocenters. The maximum absolute atomic E-state index is 6.38. The molecule has 3 heteroatoms. The van der Waals surface area contributed by atoms with Gasteiger partial charge >= 0.3 is 0 Å². The maximum atomic E-state index is 6.38. The van der Waals surface area contributed by atoms with Gasteiger partial charge in [-0.25, -0.2) is 0 Å². The maximum Gasteiger partial charge on any atom is 0.0340 e. The van der Waals surface area contributed by atoms with Crippen molar-refractivity contribution in [1.29, 1.82) is 0 Å². The van der Waals surface area contributed by atoms with Crippen molar-refractivity contribution in [2.45, 2.75) is 71.9 Å². The molecule has 126 valence electrons. The van der Waals surface area contributed by atoms with Gasteiger partial charge in [-0.2, -0.15) is 0 Å². The lowest BCUT2D eigenvalue weighted by Crippen LogP contribution is -2.60. The molecule has 2 N–H and O–H groups in total. The molecule has 0 amide bonds. The van der Waals surface area contributed by atoms with Crippen molar-refractivity contribution >= 4 is 0 Å². The van der Waals surface area contributed by atoms with Crippen molar-refractivity contribution in [3.8, 4) is 0 Å². The van der Waals surface area contributed by atoms with Gasteiger partial charge in [0.15, 0.2) is 0 Å². The average molecular weight is 298 g/mol. The molecule has 1 fully saturated rings. The van der Waals surface area contributed by atoms with Gasteiger partial charge < -0.3 is 10.6 Å². The number of nitrogens with two attached hydrogens (primary N) is 1. The van der Waals surface area contributed by atoms with Crippen molar-refractivity contribution in [3.05, 3.63) is 0 Å². The summed E-state index contributed by atoms with van der Waals surface area (Å²) in [4.78, 5) is 5.30. The standard InChI is InChI=1S/C18H39N3/c1-7-17-13-20(6)9-8-10-21(17)18(14-19,11-15(2)3)12-16(4)5/h15-17H,7-14,19H2,1-6H3. The monoisotopic (exact) mass is 297 g/mol. The Hall–Kier alpha value is -0.120. The van der Waals surface area contributed by atoms with Crippen molar-refractivity contribution in [3.63, 3.8) is 0 Å². The van der Waals surface area contributed by atoms with E-state index in [9.17, 15) is 0 Å². The van der Waals surface area contributed by atoms with Crippen molar-refractivity contribution < 1.29 is 0 Å². The summed E-state index contributed by atoms with van der Waals surface area (Å²) in [7, 11) is 2.27. The van der Waals surface area contributed by atoms with Gasteiger partial charge in [0.25, 0.3) is 0 Å². The second-order valence-corrected chi connectivity index (χ2v) is 8.00. The molecule has 1 unspecified atom stereocenters. The van der Waals surface area contributed by atoms with E-state index in [1.54, 1.807) is 0 Å². The molecule has 1 heterocycles. The van der Waals surface area contributed by atoms with Crippen LogP contribution in [0.25, 0.3) is 0 Å². The second-order valence-electron chi connectivity index (χ2n) is 8.00. The van der Waals surface area contributed by atoms with Crippen LogP contribution in [0.2, 0.25) is 0 Å². The van der Waals surface area contributed by atoms with Gasteiger partial charge in [-0.1, -0.05) is 34.6 Å². The highest BCUT2D eigenvalue weighted by atomic mass is 15.3. The molecular formula is C18H39N3. The van der Waals surface area contributed by atoms with Gasteiger partial charge in [0, 0.05) is 31.2 Å². The van der Waals surface area contributed by atoms with Gasteiger partial charge in [0.05, 0.1) is 0 Å². The molecular weight excluding hydrogens is 258 g/mol. The van der Waals surface area contributed by atoms with E-state index in [-0.39, 0.29) is 5.54 Å². The van der Waals surface area contributed by atoms with Crippen molar-refractivity contribution in [2.24, 2.45) is 17.6 Å². The summed E-state index contributed by atoms with van der Waals surface area (Å²) in [5, 5.41) is 0. The molecule has 0 aliphatic carbocycles. The Morgan fingerprint density at radius 3 is 2.10 bits per heavy atom. The lowest BCUT2D eigenvalue weighted by molar-refractivity contribution is 0.0156. The summed E-state index contributed by atoms with van der Waals surface area (Å²) in [5.41, 5.74) is 6.57. The van der Waals surface area contributed by atoms with E-state index in [1.165, 1.54) is 45.3 Å². The van der Waals surface area contributed by atoms with E-state index in [1.807, 2.05) is 0 Å². The molecule has 1 saturated heterocycles. The molecule has 0 aromatic heterocycles. The van der Waals surface area contributed by atoms with Crippen molar-refractivity contribution in [1.82, 2.24) is 9.80 Å². The number of rotatable bonds is 7. The van der Waals surface area contributed by atoms with E-state index < -0.39 is 0 Å². The highest BCUT2D eigenvalue weighted by Gasteiger charge is 2.40. The Kier molecular flexibility index (Phi) is 7.66. The highest BCUT2D eigenvalue weighted by Crippen LogP contribution is 2.34. The summed E-state index contributed by atoms with van der Waals surface area (Å²) in [6, 6.07) is 0.651. The van der Waals surface area contributed by atoms with Crippen LogP contribution in [0.15, 0.2) is 0 Å². The van der Waals surface area contributed by atoms with E-state index in [2.05, 4.69) is 51.5 Å². The zero-order valence-corrected chi connectivity index (χ0v) is 15.4. The molecule has 1 aliphatic rings. The van der Waals surface area contributed by atoms with Crippen LogP contribution >= 0.6 is 0 Å². The second kappa shape index (κ2) is 8.50. The first-order chi connectivity index (χ1) is 9.84. The number of hydrogen-bond donors (Lipinski definition) is 1. The average Bonchev–Trinajstić information content (AvgIpc) is 2.58. The molecule has 1 aliphatic heterocycles. The summed E-state index contributed by atoms with van der Waals surface area (Å²) < 4.78 is 0. The largest absolute Gasteiger partial charge is 0.329 e. The number of hydrogen-bond acceptors (Lipinski definition) is 3. The zero-order valence-electron chi connectivity index (χ0n) is 15.4. The third kappa shape index (κ3) is 5.22. The first kappa shape index (κ1) is 18.9. The Balaban J connectivity index is 3.07. The Morgan fingerprint density at radius 1 is 1.10 bits per heavy atom. The SMILES string of the molecule is CCC1CN(C)CCCN1C(CN)(CC(C)C)CC(C)C. The summed E-state index contributed by atoms with van der Waals surface area (Å²) >= 11 is 0. The normalized spacial score (nSPS) is 23.0. The van der Waals surface area contributed by atoms with E-state index >= 15 is 0 Å². The molecule has 21 heavy (non-hydrogen) atoms. The van der Waals surface area contributed by atoms with E-state index in [0.29, 0.717) is 17.9 Å². The zero-order chi connectivity index (χ0) is 16.0. The molecule has 0 spiro atoms. The smallest absolute Gasteiger partial charge is 0.0340 e. The summed E-state index contributed by atoms with van der Waals surface area (Å²) in [6.07, 6.45) is 4.94. The Bertz CT molecular complexity index is 278. The predicted octanol–water partition coefficient (Wildman–Crippen LogP) is 3.19. The Morgan fingerprint density at radius 2 is 1.67 bits per heavy atom. The minimum absolute atomic E-state index is 0.189. The van der Waals surface area contributed by atoms with Crippen LogP contribution in [0, 0.1) is 11.8 Å². The van der Waals surface area contributed by atoms with Gasteiger partial charge in [-0.3, -0.25) is 4.90 Å². The molecule has 0 radical (unpaired) electrons. The van der Waals surface area contributed by atoms with Crippen LogP contribution < -0.4 is 5.73 Å². The molecule has 0 saturated carbocycles. The minimum atomic E-state index is 0.189. The van der Waals surface area contributed by atoms with Crippen LogP contribution in [-0.2, 0) is 0 Å². The molecule has 0 bridgehead atoms. The minimum Gasteiger partial charge on any atom is -0.329 e. The fourth-order valence-electron chi connectivity index (χ4n) is 4.34. The highest BCUT2D eigenvalue weighted by molar-refractivity contribution is 4.97. The molecule has 0 aromatic rings. The third-order valence-electron chi connectivity index (χ3n) is 4.94. The third-order valence-corrected chi connectivity index (χ3v) is 4.94. The van der Waals surface area contributed by atoms with Gasteiger partial charge in [0.1, 0.15) is 0 Å². The number of likely N-dealkylation sites (N-methyl/N-ethyl adjacent to an activating group) is 1. The fraction of sp³-hybridized carbons (Fsp3) is 1.00. The predicted molar refractivity (Wildman–Crippen MR) is 93.6 cm³/mol. The van der Waals surface area contributed by atoms with Gasteiger partial charge in [-0.05, 0) is 51.1 Å². The fourth-order valence-corrected chi connectivity index (χ4v) is 4.34. The van der Waals surface area contributed by atoms with Crippen LogP contribution in [0.4, 0.5) is 0 Å². The topological polar surface area (TPSA) is 32.5 Å². The lowest BCUT2D eigenvalue weighted by atomic mass is 9.79. The van der Waals surface area contributed by atoms with Gasteiger partial charge in [-0.15, -0.1) is 0 Å². The van der Waals surface area contributed by atoms with Crippen LogP contribution in [0.5, 0.6) is 0 Å². The first-order valence-corrected chi connectivity index (χ1v) is 9.00. The quantitative estimate of drug-likeness (QED) is 0.783. The lowest BCUT2D eigenvalue weighted by Gasteiger charge is -2.49. The first-order valence-electron chi connectivity index (χ1n) is 9.00. The molecule has 3 nitrogen and oxygen atoms in total. The molecule has 1 rings (SSSR count). The number of nitrogens with zero attached hydrogens (tertiary/aromatic N) is 2. The Labute approximate surface area is 133 Å². The van der Waals surface area contributed by atoms with Crippen LogP contribution in [0.1, 0.15) is 60.3 Å². The summed E-state index contributed by atoms with van der Waals surface area (Å²) in [6.45, 7) is 16.1. The van der Waals surface area contributed by atoms with E-state index in [4.69, 9.17) is 5.73 Å². The van der Waals surface area contributed by atoms with Crippen LogP contribution in [0.3, 0.4) is 0 Å².